The van der Waals surface area contributed by atoms with E-state index in [9.17, 15) is 0 Å². The lowest BCUT2D eigenvalue weighted by Crippen LogP contribution is -2.23. The maximum absolute atomic E-state index is 4.22. The van der Waals surface area contributed by atoms with Gasteiger partial charge in [0.15, 0.2) is 0 Å². The molecule has 1 aromatic rings. The molecule has 0 fully saturated rings. The second kappa shape index (κ2) is 7.74. The summed E-state index contributed by atoms with van der Waals surface area (Å²) in [5.74, 6) is 0.270. The number of unbranched alkanes of at least 4 members (excludes halogenated alkanes) is 1. The molecule has 1 atom stereocenters. The van der Waals surface area contributed by atoms with Gasteiger partial charge in [0.25, 0.3) is 0 Å². The van der Waals surface area contributed by atoms with Crippen LogP contribution in [0.4, 0.5) is 0 Å². The zero-order valence-electron chi connectivity index (χ0n) is 13.1. The molecule has 0 heterocycles. The minimum atomic E-state index is 0.270. The monoisotopic (exact) mass is 269 g/mol. The number of likely N-dealkylation sites (N-methyl/N-ethyl adjacent to an activating group) is 1. The normalized spacial score (nSPS) is 13.1. The molecular weight excluding hydrogens is 242 g/mol. The Bertz CT molecular complexity index is 581. The third kappa shape index (κ3) is 3.86. The van der Waals surface area contributed by atoms with Crippen molar-refractivity contribution in [3.63, 3.8) is 0 Å². The largest absolute Gasteiger partial charge is 0.391 e. The molecule has 20 heavy (non-hydrogen) atoms. The van der Waals surface area contributed by atoms with Crippen molar-refractivity contribution in [2.75, 3.05) is 7.05 Å². The Morgan fingerprint density at radius 2 is 2.00 bits per heavy atom. The Hall–Kier alpha value is -1.76. The standard InChI is InChI=1S/C19H27N/c1-7-9-11-17-12-15(4)18(13-14(17)3)16(5)19(20-6)10-8-2/h8,10,12-13,16,20H,2-4,7,9,11H2,1,5-6H3/b19-10+. The molecule has 0 saturated carbocycles. The molecule has 108 valence electrons. The predicted octanol–water partition coefficient (Wildman–Crippen LogP) is 3.24. The molecule has 0 bridgehead atoms. The molecule has 0 aromatic heterocycles. The first-order valence-electron chi connectivity index (χ1n) is 7.36. The quantitative estimate of drug-likeness (QED) is 0.749. The smallest absolute Gasteiger partial charge is 0.0215 e. The number of hydrogen-bond donors (Lipinski definition) is 1. The van der Waals surface area contributed by atoms with Crippen molar-refractivity contribution >= 4 is 13.2 Å². The van der Waals surface area contributed by atoms with E-state index in [-0.39, 0.29) is 5.92 Å². The van der Waals surface area contributed by atoms with E-state index in [4.69, 9.17) is 0 Å². The van der Waals surface area contributed by atoms with E-state index < -0.39 is 0 Å². The molecule has 0 spiro atoms. The molecule has 0 aliphatic rings. The van der Waals surface area contributed by atoms with E-state index in [0.29, 0.717) is 0 Å². The second-order valence-electron chi connectivity index (χ2n) is 5.25. The molecule has 1 nitrogen and oxygen atoms in total. The number of benzene rings is 1. The van der Waals surface area contributed by atoms with Gasteiger partial charge < -0.3 is 5.32 Å². The first kappa shape index (κ1) is 16.3. The van der Waals surface area contributed by atoms with E-state index in [2.05, 4.69) is 51.0 Å². The molecular formula is C19H27N. The average Bonchev–Trinajstić information content (AvgIpc) is 2.44. The number of hydrogen-bond acceptors (Lipinski definition) is 1. The molecule has 1 heteroatoms. The van der Waals surface area contributed by atoms with Crippen molar-refractivity contribution in [3.05, 3.63) is 58.1 Å². The summed E-state index contributed by atoms with van der Waals surface area (Å²) in [4.78, 5) is 0. The third-order valence-corrected chi connectivity index (χ3v) is 3.78. The maximum atomic E-state index is 4.22. The van der Waals surface area contributed by atoms with Crippen LogP contribution < -0.4 is 15.8 Å². The van der Waals surface area contributed by atoms with Crippen LogP contribution in [0.5, 0.6) is 0 Å². The zero-order valence-corrected chi connectivity index (χ0v) is 13.1. The Balaban J connectivity index is 3.18. The lowest BCUT2D eigenvalue weighted by Gasteiger charge is -2.17. The van der Waals surface area contributed by atoms with Crippen LogP contribution in [0.1, 0.15) is 43.7 Å². The minimum Gasteiger partial charge on any atom is -0.391 e. The highest BCUT2D eigenvalue weighted by Crippen LogP contribution is 2.18. The van der Waals surface area contributed by atoms with Crippen LogP contribution in [0.25, 0.3) is 13.2 Å². The van der Waals surface area contributed by atoms with Gasteiger partial charge in [-0.2, -0.15) is 0 Å². The van der Waals surface area contributed by atoms with E-state index in [1.54, 1.807) is 0 Å². The van der Waals surface area contributed by atoms with E-state index in [1.165, 1.54) is 24.0 Å². The first-order valence-corrected chi connectivity index (χ1v) is 7.36. The molecule has 0 saturated heterocycles. The fraction of sp³-hybridized carbons (Fsp3) is 0.368. The highest BCUT2D eigenvalue weighted by Gasteiger charge is 2.11. The van der Waals surface area contributed by atoms with Crippen LogP contribution in [0.2, 0.25) is 0 Å². The van der Waals surface area contributed by atoms with Crippen LogP contribution in [-0.2, 0) is 6.42 Å². The van der Waals surface area contributed by atoms with E-state index >= 15 is 0 Å². The Morgan fingerprint density at radius 1 is 1.30 bits per heavy atom. The maximum Gasteiger partial charge on any atom is 0.0215 e. The van der Waals surface area contributed by atoms with Crippen molar-refractivity contribution in [3.8, 4) is 0 Å². The molecule has 1 N–H and O–H groups in total. The number of allylic oxidation sites excluding steroid dienone is 3. The molecule has 0 amide bonds. The summed E-state index contributed by atoms with van der Waals surface area (Å²) in [5, 5.41) is 5.46. The van der Waals surface area contributed by atoms with Gasteiger partial charge >= 0.3 is 0 Å². The number of nitrogens with one attached hydrogen (secondary N) is 1. The van der Waals surface area contributed by atoms with Crippen LogP contribution in [-0.4, -0.2) is 7.05 Å². The van der Waals surface area contributed by atoms with Crippen molar-refractivity contribution in [2.45, 2.75) is 39.0 Å². The average molecular weight is 269 g/mol. The summed E-state index contributed by atoms with van der Waals surface area (Å²) in [6.07, 6.45) is 7.32. The Labute approximate surface area is 123 Å². The van der Waals surface area contributed by atoms with Gasteiger partial charge in [-0.25, -0.2) is 0 Å². The van der Waals surface area contributed by atoms with Crippen LogP contribution in [0.3, 0.4) is 0 Å². The number of aryl methyl sites for hydroxylation is 1. The van der Waals surface area contributed by atoms with Crippen molar-refractivity contribution in [1.29, 1.82) is 0 Å². The van der Waals surface area contributed by atoms with Gasteiger partial charge in [-0.15, -0.1) is 0 Å². The van der Waals surface area contributed by atoms with E-state index in [1.807, 2.05) is 19.2 Å². The topological polar surface area (TPSA) is 12.0 Å². The summed E-state index contributed by atoms with van der Waals surface area (Å²) in [7, 11) is 1.94. The van der Waals surface area contributed by atoms with Crippen molar-refractivity contribution in [2.24, 2.45) is 0 Å². The van der Waals surface area contributed by atoms with Crippen molar-refractivity contribution in [1.82, 2.24) is 5.32 Å². The third-order valence-electron chi connectivity index (χ3n) is 3.78. The SMILES string of the molecule is C=C/C=C(/NC)C(C)c1cc(=C)c(CCCC)cc1=C. The van der Waals surface area contributed by atoms with E-state index in [0.717, 1.165) is 22.6 Å². The number of rotatable bonds is 7. The Morgan fingerprint density at radius 3 is 2.55 bits per heavy atom. The van der Waals surface area contributed by atoms with Crippen LogP contribution in [0.15, 0.2) is 36.6 Å². The van der Waals surface area contributed by atoms with Crippen molar-refractivity contribution < 1.29 is 0 Å². The van der Waals surface area contributed by atoms with Gasteiger partial charge in [-0.1, -0.05) is 58.2 Å². The first-order chi connectivity index (χ1) is 9.54. The highest BCUT2D eigenvalue weighted by atomic mass is 14.8. The summed E-state index contributed by atoms with van der Waals surface area (Å²) < 4.78 is 0. The fourth-order valence-electron chi connectivity index (χ4n) is 2.50. The van der Waals surface area contributed by atoms with Crippen LogP contribution in [0, 0.1) is 0 Å². The summed E-state index contributed by atoms with van der Waals surface area (Å²) in [6, 6.07) is 4.39. The summed E-state index contributed by atoms with van der Waals surface area (Å²) >= 11 is 0. The van der Waals surface area contributed by atoms with Gasteiger partial charge in [0, 0.05) is 18.7 Å². The Kier molecular flexibility index (Phi) is 6.30. The molecule has 1 aromatic carbocycles. The second-order valence-corrected chi connectivity index (χ2v) is 5.25. The molecule has 0 radical (unpaired) electrons. The van der Waals surface area contributed by atoms with Gasteiger partial charge in [0.2, 0.25) is 0 Å². The molecule has 1 unspecified atom stereocenters. The van der Waals surface area contributed by atoms with Gasteiger partial charge in [-0.05, 0) is 40.5 Å². The van der Waals surface area contributed by atoms with Gasteiger partial charge in [-0.3, -0.25) is 0 Å². The zero-order chi connectivity index (χ0) is 15.1. The minimum absolute atomic E-state index is 0.270. The molecule has 0 aliphatic heterocycles. The predicted molar refractivity (Wildman–Crippen MR) is 91.1 cm³/mol. The highest BCUT2D eigenvalue weighted by molar-refractivity contribution is 5.36. The lowest BCUT2D eigenvalue weighted by atomic mass is 9.92. The molecule has 0 aliphatic carbocycles. The lowest BCUT2D eigenvalue weighted by molar-refractivity contribution is 0.776. The molecule has 1 rings (SSSR count). The summed E-state index contributed by atoms with van der Waals surface area (Å²) in [5.41, 5.74) is 3.70. The summed E-state index contributed by atoms with van der Waals surface area (Å²) in [6.45, 7) is 16.6. The van der Waals surface area contributed by atoms with Gasteiger partial charge in [0.1, 0.15) is 0 Å². The fourth-order valence-corrected chi connectivity index (χ4v) is 2.50. The van der Waals surface area contributed by atoms with Gasteiger partial charge in [0.05, 0.1) is 0 Å². The van der Waals surface area contributed by atoms with Crippen LogP contribution >= 0.6 is 0 Å².